The maximum absolute atomic E-state index is 12.3. The standard InChI is InChI=1S/C22H34O2/c1-3-5-6-7-8-9-10-11-12-13-14-19-22(18-4-2)20(23)16-15-17-21(22)24/h4H,2-3,5-12,15-19H2,1H3. The van der Waals surface area contributed by atoms with E-state index >= 15 is 0 Å². The zero-order valence-electron chi connectivity index (χ0n) is 15.5. The number of rotatable bonds is 11. The predicted molar refractivity (Wildman–Crippen MR) is 101 cm³/mol. The Morgan fingerprint density at radius 1 is 0.958 bits per heavy atom. The normalized spacial score (nSPS) is 16.5. The summed E-state index contributed by atoms with van der Waals surface area (Å²) < 4.78 is 0. The zero-order valence-corrected chi connectivity index (χ0v) is 15.5. The van der Waals surface area contributed by atoms with Crippen molar-refractivity contribution in [2.75, 3.05) is 0 Å². The summed E-state index contributed by atoms with van der Waals surface area (Å²) in [6.45, 7) is 5.96. The van der Waals surface area contributed by atoms with Crippen LogP contribution in [0.2, 0.25) is 0 Å². The molecular weight excluding hydrogens is 296 g/mol. The van der Waals surface area contributed by atoms with Crippen LogP contribution in [0.5, 0.6) is 0 Å². The largest absolute Gasteiger partial charge is 0.299 e. The second-order valence-electron chi connectivity index (χ2n) is 7.03. The van der Waals surface area contributed by atoms with Crippen LogP contribution in [-0.2, 0) is 9.59 Å². The summed E-state index contributed by atoms with van der Waals surface area (Å²) in [5.41, 5.74) is -0.883. The highest BCUT2D eigenvalue weighted by Crippen LogP contribution is 2.36. The molecule has 0 aromatic rings. The summed E-state index contributed by atoms with van der Waals surface area (Å²) in [6.07, 6.45) is 15.5. The molecule has 2 heteroatoms. The van der Waals surface area contributed by atoms with Gasteiger partial charge in [-0.3, -0.25) is 9.59 Å². The van der Waals surface area contributed by atoms with Gasteiger partial charge in [0.2, 0.25) is 0 Å². The first-order valence-electron chi connectivity index (χ1n) is 9.80. The fourth-order valence-corrected chi connectivity index (χ4v) is 3.44. The maximum Gasteiger partial charge on any atom is 0.147 e. The van der Waals surface area contributed by atoms with Gasteiger partial charge in [0.05, 0.1) is 0 Å². The molecule has 0 spiro atoms. The van der Waals surface area contributed by atoms with Crippen LogP contribution in [0.4, 0.5) is 0 Å². The highest BCUT2D eigenvalue weighted by Gasteiger charge is 2.45. The Kier molecular flexibility index (Phi) is 10.4. The van der Waals surface area contributed by atoms with Gasteiger partial charge >= 0.3 is 0 Å². The predicted octanol–water partition coefficient (Wildman–Crippen LogP) is 5.80. The Balaban J connectivity index is 2.28. The van der Waals surface area contributed by atoms with E-state index in [1.54, 1.807) is 6.08 Å². The molecule has 0 radical (unpaired) electrons. The van der Waals surface area contributed by atoms with Crippen molar-refractivity contribution in [1.29, 1.82) is 0 Å². The van der Waals surface area contributed by atoms with Crippen LogP contribution < -0.4 is 0 Å². The van der Waals surface area contributed by atoms with Crippen molar-refractivity contribution >= 4 is 11.6 Å². The summed E-state index contributed by atoms with van der Waals surface area (Å²) in [7, 11) is 0. The third kappa shape index (κ3) is 6.63. The molecule has 1 aliphatic rings. The fraction of sp³-hybridized carbons (Fsp3) is 0.727. The number of carbonyl (C=O) groups is 2. The minimum atomic E-state index is -0.883. The smallest absolute Gasteiger partial charge is 0.147 e. The molecule has 0 unspecified atom stereocenters. The van der Waals surface area contributed by atoms with Gasteiger partial charge in [0.25, 0.3) is 0 Å². The third-order valence-electron chi connectivity index (χ3n) is 5.04. The average Bonchev–Trinajstić information content (AvgIpc) is 2.57. The van der Waals surface area contributed by atoms with Crippen molar-refractivity contribution in [3.8, 4) is 11.8 Å². The van der Waals surface area contributed by atoms with Crippen LogP contribution in [0.25, 0.3) is 0 Å². The molecule has 0 aromatic heterocycles. The Bertz CT molecular complexity index is 448. The van der Waals surface area contributed by atoms with Gasteiger partial charge < -0.3 is 0 Å². The van der Waals surface area contributed by atoms with Crippen molar-refractivity contribution in [1.82, 2.24) is 0 Å². The third-order valence-corrected chi connectivity index (χ3v) is 5.04. The number of unbranched alkanes of at least 4 members (excludes halogenated alkanes) is 8. The lowest BCUT2D eigenvalue weighted by Gasteiger charge is -2.31. The van der Waals surface area contributed by atoms with Crippen LogP contribution >= 0.6 is 0 Å². The first kappa shape index (κ1) is 20.7. The summed E-state index contributed by atoms with van der Waals surface area (Å²) in [6, 6.07) is 0. The number of ketones is 2. The van der Waals surface area contributed by atoms with Crippen LogP contribution in [0, 0.1) is 17.3 Å². The highest BCUT2D eigenvalue weighted by atomic mass is 16.2. The molecular formula is C22H34O2. The van der Waals surface area contributed by atoms with E-state index in [4.69, 9.17) is 0 Å². The highest BCUT2D eigenvalue weighted by molar-refractivity contribution is 6.09. The molecule has 1 saturated carbocycles. The van der Waals surface area contributed by atoms with Crippen molar-refractivity contribution < 1.29 is 9.59 Å². The van der Waals surface area contributed by atoms with Crippen molar-refractivity contribution in [2.45, 2.75) is 96.8 Å². The quantitative estimate of drug-likeness (QED) is 0.208. The first-order chi connectivity index (χ1) is 11.7. The van der Waals surface area contributed by atoms with E-state index in [1.165, 1.54) is 44.9 Å². The van der Waals surface area contributed by atoms with Gasteiger partial charge in [-0.25, -0.2) is 0 Å². The van der Waals surface area contributed by atoms with Gasteiger partial charge in [0, 0.05) is 25.7 Å². The number of Topliss-reactive ketones (excluding diaryl/α,β-unsaturated/α-hetero) is 2. The Morgan fingerprint density at radius 2 is 1.54 bits per heavy atom. The van der Waals surface area contributed by atoms with E-state index in [2.05, 4.69) is 25.3 Å². The summed E-state index contributed by atoms with van der Waals surface area (Å²) in [5, 5.41) is 0. The van der Waals surface area contributed by atoms with E-state index < -0.39 is 5.41 Å². The van der Waals surface area contributed by atoms with E-state index in [0.29, 0.717) is 32.1 Å². The lowest BCUT2D eigenvalue weighted by Crippen LogP contribution is -2.41. The van der Waals surface area contributed by atoms with Crippen LogP contribution in [-0.4, -0.2) is 11.6 Å². The first-order valence-corrected chi connectivity index (χ1v) is 9.80. The molecule has 2 nitrogen and oxygen atoms in total. The molecule has 0 atom stereocenters. The Hall–Kier alpha value is -1.36. The monoisotopic (exact) mass is 330 g/mol. The van der Waals surface area contributed by atoms with Gasteiger partial charge in [0.1, 0.15) is 17.0 Å². The maximum atomic E-state index is 12.3. The van der Waals surface area contributed by atoms with E-state index in [9.17, 15) is 9.59 Å². The van der Waals surface area contributed by atoms with Gasteiger partial charge in [-0.15, -0.1) is 18.4 Å². The van der Waals surface area contributed by atoms with Crippen LogP contribution in [0.15, 0.2) is 12.7 Å². The molecule has 0 heterocycles. The molecule has 1 rings (SSSR count). The molecule has 134 valence electrons. The molecule has 0 bridgehead atoms. The van der Waals surface area contributed by atoms with Gasteiger partial charge in [-0.2, -0.15) is 0 Å². The molecule has 0 aliphatic heterocycles. The lowest BCUT2D eigenvalue weighted by atomic mass is 9.68. The second kappa shape index (κ2) is 12.1. The van der Waals surface area contributed by atoms with E-state index in [0.717, 1.165) is 12.8 Å². The Labute approximate surface area is 148 Å². The molecule has 0 saturated heterocycles. The summed E-state index contributed by atoms with van der Waals surface area (Å²) in [4.78, 5) is 24.6. The zero-order chi connectivity index (χ0) is 17.7. The minimum Gasteiger partial charge on any atom is -0.299 e. The van der Waals surface area contributed by atoms with Gasteiger partial charge in [-0.05, 0) is 19.3 Å². The van der Waals surface area contributed by atoms with Gasteiger partial charge in [0.15, 0.2) is 0 Å². The Morgan fingerprint density at radius 3 is 2.12 bits per heavy atom. The molecule has 0 amide bonds. The second-order valence-corrected chi connectivity index (χ2v) is 7.03. The van der Waals surface area contributed by atoms with Crippen molar-refractivity contribution in [2.24, 2.45) is 5.41 Å². The number of allylic oxidation sites excluding steroid dienone is 1. The lowest BCUT2D eigenvalue weighted by molar-refractivity contribution is -0.143. The summed E-state index contributed by atoms with van der Waals surface area (Å²) in [5.74, 6) is 6.44. The SMILES string of the molecule is C=CCC1(CC#CCCCCCCCCCC)C(=O)CCCC1=O. The average molecular weight is 331 g/mol. The number of hydrogen-bond acceptors (Lipinski definition) is 2. The van der Waals surface area contributed by atoms with Crippen molar-refractivity contribution in [3.63, 3.8) is 0 Å². The van der Waals surface area contributed by atoms with E-state index in [-0.39, 0.29) is 11.6 Å². The fourth-order valence-electron chi connectivity index (χ4n) is 3.44. The van der Waals surface area contributed by atoms with Crippen LogP contribution in [0.1, 0.15) is 96.8 Å². The molecule has 0 aromatic carbocycles. The van der Waals surface area contributed by atoms with Gasteiger partial charge in [-0.1, -0.05) is 57.9 Å². The molecule has 0 N–H and O–H groups in total. The molecule has 1 aliphatic carbocycles. The molecule has 24 heavy (non-hydrogen) atoms. The van der Waals surface area contributed by atoms with Crippen LogP contribution in [0.3, 0.4) is 0 Å². The molecule has 1 fully saturated rings. The topological polar surface area (TPSA) is 34.1 Å². The number of hydrogen-bond donors (Lipinski definition) is 0. The number of carbonyl (C=O) groups excluding carboxylic acids is 2. The summed E-state index contributed by atoms with van der Waals surface area (Å²) >= 11 is 0. The van der Waals surface area contributed by atoms with E-state index in [1.807, 2.05) is 0 Å². The van der Waals surface area contributed by atoms with Crippen molar-refractivity contribution in [3.05, 3.63) is 12.7 Å². The minimum absolute atomic E-state index is 0.0695.